The fourth-order valence-electron chi connectivity index (χ4n) is 1.52. The summed E-state index contributed by atoms with van der Waals surface area (Å²) in [5.41, 5.74) is 1.17. The van der Waals surface area contributed by atoms with Crippen LogP contribution < -0.4 is 5.32 Å². The number of halogens is 1. The molecule has 0 radical (unpaired) electrons. The smallest absolute Gasteiger partial charge is 0.221 e. The molecule has 2 rings (SSSR count). The molecular weight excluding hydrogens is 221 g/mol. The van der Waals surface area contributed by atoms with Crippen LogP contribution >= 0.6 is 0 Å². The minimum absolute atomic E-state index is 0.157. The summed E-state index contributed by atoms with van der Waals surface area (Å²) in [4.78, 5) is 10.8. The normalized spacial score (nSPS) is 10.2. The number of anilines is 1. The van der Waals surface area contributed by atoms with E-state index in [0.29, 0.717) is 17.8 Å². The van der Waals surface area contributed by atoms with Crippen molar-refractivity contribution in [2.45, 2.75) is 13.5 Å². The fourth-order valence-corrected chi connectivity index (χ4v) is 1.52. The van der Waals surface area contributed by atoms with Crippen molar-refractivity contribution in [3.8, 4) is 0 Å². The molecule has 0 aliphatic carbocycles. The van der Waals surface area contributed by atoms with Gasteiger partial charge in [0.15, 0.2) is 0 Å². The molecule has 0 bridgehead atoms. The lowest BCUT2D eigenvalue weighted by Gasteiger charge is -2.02. The molecule has 2 aromatic rings. The highest BCUT2D eigenvalue weighted by molar-refractivity contribution is 5.88. The number of nitrogens with one attached hydrogen (secondary N) is 1. The summed E-state index contributed by atoms with van der Waals surface area (Å²) in [7, 11) is 0. The standard InChI is InChI=1S/C12H12FN3O/c1-9(17)15-11-6-14-16(8-11)7-10-4-2-3-5-12(10)13/h2-6,8H,7H2,1H3,(H,15,17). The van der Waals surface area contributed by atoms with Gasteiger partial charge in [0.25, 0.3) is 0 Å². The number of hydrogen-bond acceptors (Lipinski definition) is 2. The molecule has 0 saturated heterocycles. The maximum atomic E-state index is 13.4. The molecule has 0 aliphatic rings. The van der Waals surface area contributed by atoms with E-state index in [4.69, 9.17) is 0 Å². The van der Waals surface area contributed by atoms with Crippen LogP contribution in [0.3, 0.4) is 0 Å². The lowest BCUT2D eigenvalue weighted by Crippen LogP contribution is -2.05. The minimum Gasteiger partial charge on any atom is -0.324 e. The lowest BCUT2D eigenvalue weighted by molar-refractivity contribution is -0.114. The van der Waals surface area contributed by atoms with E-state index in [9.17, 15) is 9.18 Å². The van der Waals surface area contributed by atoms with Crippen molar-refractivity contribution in [1.82, 2.24) is 9.78 Å². The number of carbonyl (C=O) groups excluding carboxylic acids is 1. The number of nitrogens with zero attached hydrogens (tertiary/aromatic N) is 2. The van der Waals surface area contributed by atoms with Crippen LogP contribution in [0, 0.1) is 5.82 Å². The van der Waals surface area contributed by atoms with E-state index in [1.807, 2.05) is 0 Å². The monoisotopic (exact) mass is 233 g/mol. The van der Waals surface area contributed by atoms with E-state index in [1.165, 1.54) is 19.2 Å². The van der Waals surface area contributed by atoms with Crippen LogP contribution in [0.5, 0.6) is 0 Å². The van der Waals surface area contributed by atoms with Crippen LogP contribution in [-0.4, -0.2) is 15.7 Å². The van der Waals surface area contributed by atoms with Gasteiger partial charge in [0, 0.05) is 18.7 Å². The van der Waals surface area contributed by atoms with E-state index in [0.717, 1.165) is 0 Å². The first-order valence-corrected chi connectivity index (χ1v) is 5.18. The largest absolute Gasteiger partial charge is 0.324 e. The van der Waals surface area contributed by atoms with Crippen LogP contribution in [0.25, 0.3) is 0 Å². The third-order valence-corrected chi connectivity index (χ3v) is 2.24. The van der Waals surface area contributed by atoms with Crippen molar-refractivity contribution >= 4 is 11.6 Å². The Morgan fingerprint density at radius 2 is 2.24 bits per heavy atom. The molecular formula is C12H12FN3O. The highest BCUT2D eigenvalue weighted by atomic mass is 19.1. The Morgan fingerprint density at radius 1 is 1.47 bits per heavy atom. The summed E-state index contributed by atoms with van der Waals surface area (Å²) in [6.45, 7) is 1.76. The molecule has 1 heterocycles. The number of amides is 1. The average Bonchev–Trinajstić information content (AvgIpc) is 2.68. The Balaban J connectivity index is 2.12. The van der Waals surface area contributed by atoms with Crippen molar-refractivity contribution in [3.63, 3.8) is 0 Å². The van der Waals surface area contributed by atoms with Crippen molar-refractivity contribution in [2.75, 3.05) is 5.32 Å². The molecule has 88 valence electrons. The van der Waals surface area contributed by atoms with Crippen molar-refractivity contribution < 1.29 is 9.18 Å². The maximum absolute atomic E-state index is 13.4. The predicted molar refractivity (Wildman–Crippen MR) is 62.0 cm³/mol. The Bertz CT molecular complexity index is 536. The first kappa shape index (κ1) is 11.3. The zero-order chi connectivity index (χ0) is 12.3. The molecule has 4 nitrogen and oxygen atoms in total. The molecule has 0 atom stereocenters. The van der Waals surface area contributed by atoms with Gasteiger partial charge in [0.2, 0.25) is 5.91 Å². The Hall–Kier alpha value is -2.17. The maximum Gasteiger partial charge on any atom is 0.221 e. The van der Waals surface area contributed by atoms with Gasteiger partial charge in [0.1, 0.15) is 5.82 Å². The third kappa shape index (κ3) is 2.90. The van der Waals surface area contributed by atoms with Gasteiger partial charge in [-0.1, -0.05) is 18.2 Å². The fraction of sp³-hybridized carbons (Fsp3) is 0.167. The van der Waals surface area contributed by atoms with E-state index in [2.05, 4.69) is 10.4 Å². The minimum atomic E-state index is -0.260. The SMILES string of the molecule is CC(=O)Nc1cnn(Cc2ccccc2F)c1. The van der Waals surface area contributed by atoms with E-state index in [-0.39, 0.29) is 11.7 Å². The molecule has 0 aliphatic heterocycles. The van der Waals surface area contributed by atoms with Crippen molar-refractivity contribution in [3.05, 3.63) is 48.0 Å². The zero-order valence-electron chi connectivity index (χ0n) is 9.35. The average molecular weight is 233 g/mol. The molecule has 0 spiro atoms. The molecule has 1 aromatic carbocycles. The lowest BCUT2D eigenvalue weighted by atomic mass is 10.2. The summed E-state index contributed by atoms with van der Waals surface area (Å²) >= 11 is 0. The summed E-state index contributed by atoms with van der Waals surface area (Å²) in [5.74, 6) is -0.417. The number of hydrogen-bond donors (Lipinski definition) is 1. The van der Waals surface area contributed by atoms with E-state index < -0.39 is 0 Å². The summed E-state index contributed by atoms with van der Waals surface area (Å²) in [5, 5.41) is 6.65. The first-order valence-electron chi connectivity index (χ1n) is 5.18. The van der Waals surface area contributed by atoms with Crippen LogP contribution in [0.4, 0.5) is 10.1 Å². The summed E-state index contributed by atoms with van der Waals surface area (Å²) in [6.07, 6.45) is 3.19. The highest BCUT2D eigenvalue weighted by Gasteiger charge is 2.04. The summed E-state index contributed by atoms with van der Waals surface area (Å²) in [6, 6.07) is 6.53. The van der Waals surface area contributed by atoms with Crippen molar-refractivity contribution in [2.24, 2.45) is 0 Å². The van der Waals surface area contributed by atoms with Gasteiger partial charge in [-0.15, -0.1) is 0 Å². The predicted octanol–water partition coefficient (Wildman–Crippen LogP) is 2.03. The van der Waals surface area contributed by atoms with Gasteiger partial charge in [-0.2, -0.15) is 5.10 Å². The van der Waals surface area contributed by atoms with Crippen LogP contribution in [0.15, 0.2) is 36.7 Å². The van der Waals surface area contributed by atoms with Gasteiger partial charge in [-0.3, -0.25) is 9.48 Å². The molecule has 17 heavy (non-hydrogen) atoms. The van der Waals surface area contributed by atoms with Crippen LogP contribution in [0.1, 0.15) is 12.5 Å². The van der Waals surface area contributed by atoms with Gasteiger partial charge in [-0.05, 0) is 6.07 Å². The summed E-state index contributed by atoms with van der Waals surface area (Å²) < 4.78 is 15.0. The highest BCUT2D eigenvalue weighted by Crippen LogP contribution is 2.10. The molecule has 1 aromatic heterocycles. The van der Waals surface area contributed by atoms with Gasteiger partial charge >= 0.3 is 0 Å². The Labute approximate surface area is 98.1 Å². The quantitative estimate of drug-likeness (QED) is 0.881. The van der Waals surface area contributed by atoms with Crippen LogP contribution in [-0.2, 0) is 11.3 Å². The molecule has 0 fully saturated rings. The van der Waals surface area contributed by atoms with Gasteiger partial charge in [0.05, 0.1) is 18.4 Å². The molecule has 0 saturated carbocycles. The van der Waals surface area contributed by atoms with Gasteiger partial charge < -0.3 is 5.32 Å². The Morgan fingerprint density at radius 3 is 2.94 bits per heavy atom. The Kier molecular flexibility index (Phi) is 3.18. The van der Waals surface area contributed by atoms with E-state index in [1.54, 1.807) is 29.1 Å². The molecule has 1 amide bonds. The third-order valence-electron chi connectivity index (χ3n) is 2.24. The molecule has 5 heteroatoms. The second kappa shape index (κ2) is 4.78. The zero-order valence-corrected chi connectivity index (χ0v) is 9.35. The van der Waals surface area contributed by atoms with Gasteiger partial charge in [-0.25, -0.2) is 4.39 Å². The topological polar surface area (TPSA) is 46.9 Å². The number of carbonyl (C=O) groups is 1. The number of aromatic nitrogens is 2. The second-order valence-corrected chi connectivity index (χ2v) is 3.70. The first-order chi connectivity index (χ1) is 8.15. The number of benzene rings is 1. The molecule has 1 N–H and O–H groups in total. The van der Waals surface area contributed by atoms with Crippen LogP contribution in [0.2, 0.25) is 0 Å². The van der Waals surface area contributed by atoms with Crippen molar-refractivity contribution in [1.29, 1.82) is 0 Å². The number of rotatable bonds is 3. The van der Waals surface area contributed by atoms with E-state index >= 15 is 0 Å². The molecule has 0 unspecified atom stereocenters. The second-order valence-electron chi connectivity index (χ2n) is 3.70.